The van der Waals surface area contributed by atoms with Crippen LogP contribution < -0.4 is 5.73 Å². The first-order valence-electron chi connectivity index (χ1n) is 8.03. The largest absolute Gasteiger partial charge is 0.385 e. The van der Waals surface area contributed by atoms with E-state index in [1.165, 1.54) is 4.31 Å². The van der Waals surface area contributed by atoms with Gasteiger partial charge in [0.2, 0.25) is 10.0 Å². The van der Waals surface area contributed by atoms with Gasteiger partial charge in [-0.15, -0.1) is 12.4 Å². The van der Waals surface area contributed by atoms with Crippen LogP contribution >= 0.6 is 12.4 Å². The predicted octanol–water partition coefficient (Wildman–Crippen LogP) is 0.691. The Morgan fingerprint density at radius 2 is 1.76 bits per heavy atom. The normalized spacial score (nSPS) is 15.7. The molecule has 0 saturated carbocycles. The molecule has 2 rings (SSSR count). The molecule has 1 amide bonds. The lowest BCUT2D eigenvalue weighted by Crippen LogP contribution is -2.51. The third-order valence-corrected chi connectivity index (χ3v) is 6.06. The van der Waals surface area contributed by atoms with Crippen LogP contribution in [-0.4, -0.2) is 69.2 Å². The van der Waals surface area contributed by atoms with E-state index in [0.717, 1.165) is 5.56 Å². The molecule has 1 aliphatic heterocycles. The molecular formula is C16H26ClN3O4S. The van der Waals surface area contributed by atoms with Crippen molar-refractivity contribution in [3.63, 3.8) is 0 Å². The zero-order valence-electron chi connectivity index (χ0n) is 14.4. The van der Waals surface area contributed by atoms with Crippen LogP contribution in [0.4, 0.5) is 0 Å². The van der Waals surface area contributed by atoms with Gasteiger partial charge in [-0.3, -0.25) is 4.79 Å². The molecule has 7 nitrogen and oxygen atoms in total. The van der Waals surface area contributed by atoms with Crippen LogP contribution in [0.3, 0.4) is 0 Å². The number of hydrogen-bond donors (Lipinski definition) is 1. The Balaban J connectivity index is 0.00000312. The molecule has 2 N–H and O–H groups in total. The third kappa shape index (κ3) is 5.93. The summed E-state index contributed by atoms with van der Waals surface area (Å²) in [4.78, 5) is 14.2. The highest BCUT2D eigenvalue weighted by Gasteiger charge is 2.28. The SMILES string of the molecule is COCCCS(=O)(=O)N1CCN(C(=O)c2ccc(CN)cc2)CC1.Cl. The van der Waals surface area contributed by atoms with Crippen molar-refractivity contribution < 1.29 is 17.9 Å². The van der Waals surface area contributed by atoms with E-state index in [4.69, 9.17) is 10.5 Å². The number of benzene rings is 1. The Hall–Kier alpha value is -1.19. The average Bonchev–Trinajstić information content (AvgIpc) is 2.61. The summed E-state index contributed by atoms with van der Waals surface area (Å²) < 4.78 is 30.8. The lowest BCUT2D eigenvalue weighted by molar-refractivity contribution is 0.0698. The molecule has 25 heavy (non-hydrogen) atoms. The Labute approximate surface area is 155 Å². The number of methoxy groups -OCH3 is 1. The number of nitrogens with two attached hydrogens (primary N) is 1. The number of ether oxygens (including phenoxy) is 1. The standard InChI is InChI=1S/C16H25N3O4S.ClH/c1-23-11-2-12-24(21,22)19-9-7-18(8-10-19)16(20)15-5-3-14(13-17)4-6-15;/h3-6H,2,7-13,17H2,1H3;1H. The highest BCUT2D eigenvalue weighted by atomic mass is 35.5. The lowest BCUT2D eigenvalue weighted by atomic mass is 10.1. The fourth-order valence-corrected chi connectivity index (χ4v) is 4.11. The van der Waals surface area contributed by atoms with E-state index in [1.54, 1.807) is 24.1 Å². The van der Waals surface area contributed by atoms with Crippen molar-refractivity contribution in [3.8, 4) is 0 Å². The van der Waals surface area contributed by atoms with Gasteiger partial charge >= 0.3 is 0 Å². The molecule has 9 heteroatoms. The molecule has 0 aliphatic carbocycles. The zero-order chi connectivity index (χ0) is 17.6. The van der Waals surface area contributed by atoms with Crippen LogP contribution in [0, 0.1) is 0 Å². The number of halogens is 1. The van der Waals surface area contributed by atoms with Gasteiger partial charge < -0.3 is 15.4 Å². The van der Waals surface area contributed by atoms with E-state index in [2.05, 4.69) is 0 Å². The van der Waals surface area contributed by atoms with Crippen LogP contribution in [0.2, 0.25) is 0 Å². The van der Waals surface area contributed by atoms with E-state index < -0.39 is 10.0 Å². The molecule has 0 unspecified atom stereocenters. The first-order chi connectivity index (χ1) is 11.5. The van der Waals surface area contributed by atoms with Gasteiger partial charge in [-0.05, 0) is 24.1 Å². The molecule has 1 saturated heterocycles. The van der Waals surface area contributed by atoms with Crippen molar-refractivity contribution in [2.45, 2.75) is 13.0 Å². The van der Waals surface area contributed by atoms with E-state index in [1.807, 2.05) is 12.1 Å². The van der Waals surface area contributed by atoms with Gasteiger partial charge in [0.1, 0.15) is 0 Å². The van der Waals surface area contributed by atoms with Gasteiger partial charge in [0, 0.05) is 52.0 Å². The summed E-state index contributed by atoms with van der Waals surface area (Å²) in [7, 11) is -1.72. The Morgan fingerprint density at radius 3 is 2.28 bits per heavy atom. The van der Waals surface area contributed by atoms with Crippen molar-refractivity contribution in [2.75, 3.05) is 45.6 Å². The van der Waals surface area contributed by atoms with Crippen LogP contribution in [0.15, 0.2) is 24.3 Å². The van der Waals surface area contributed by atoms with Crippen molar-refractivity contribution in [3.05, 3.63) is 35.4 Å². The Kier molecular flexibility index (Phi) is 8.81. The van der Waals surface area contributed by atoms with Gasteiger partial charge in [-0.2, -0.15) is 4.31 Å². The fraction of sp³-hybridized carbons (Fsp3) is 0.562. The molecule has 0 aromatic heterocycles. The zero-order valence-corrected chi connectivity index (χ0v) is 16.0. The summed E-state index contributed by atoms with van der Waals surface area (Å²) in [5.74, 6) is 0.00464. The smallest absolute Gasteiger partial charge is 0.253 e. The molecular weight excluding hydrogens is 366 g/mol. The second-order valence-corrected chi connectivity index (χ2v) is 7.84. The number of piperazine rings is 1. The molecule has 1 aliphatic rings. The minimum atomic E-state index is -3.28. The summed E-state index contributed by atoms with van der Waals surface area (Å²) in [6.45, 7) is 2.34. The van der Waals surface area contributed by atoms with E-state index >= 15 is 0 Å². The molecule has 1 aromatic carbocycles. The molecule has 1 aromatic rings. The highest BCUT2D eigenvalue weighted by molar-refractivity contribution is 7.89. The Bertz CT molecular complexity index is 644. The predicted molar refractivity (Wildman–Crippen MR) is 99.3 cm³/mol. The van der Waals surface area contributed by atoms with Crippen molar-refractivity contribution in [1.82, 2.24) is 9.21 Å². The van der Waals surface area contributed by atoms with Crippen molar-refractivity contribution in [1.29, 1.82) is 0 Å². The number of sulfonamides is 1. The molecule has 1 fully saturated rings. The van der Waals surface area contributed by atoms with Gasteiger partial charge in [0.15, 0.2) is 0 Å². The highest BCUT2D eigenvalue weighted by Crippen LogP contribution is 2.13. The lowest BCUT2D eigenvalue weighted by Gasteiger charge is -2.34. The van der Waals surface area contributed by atoms with Gasteiger partial charge in [0.25, 0.3) is 5.91 Å². The summed E-state index contributed by atoms with van der Waals surface area (Å²) >= 11 is 0. The van der Waals surface area contributed by atoms with Crippen molar-refractivity contribution >= 4 is 28.3 Å². The topological polar surface area (TPSA) is 92.9 Å². The third-order valence-electron chi connectivity index (χ3n) is 4.11. The minimum absolute atomic E-state index is 0. The van der Waals surface area contributed by atoms with Crippen molar-refractivity contribution in [2.24, 2.45) is 5.73 Å². The van der Waals surface area contributed by atoms with E-state index in [-0.39, 0.29) is 24.1 Å². The van der Waals surface area contributed by atoms with Crippen LogP contribution in [0.25, 0.3) is 0 Å². The molecule has 1 heterocycles. The molecule has 0 bridgehead atoms. The quantitative estimate of drug-likeness (QED) is 0.690. The second kappa shape index (κ2) is 10.1. The molecule has 142 valence electrons. The maximum Gasteiger partial charge on any atom is 0.253 e. The summed E-state index contributed by atoms with van der Waals surface area (Å²) in [6, 6.07) is 7.20. The summed E-state index contributed by atoms with van der Waals surface area (Å²) in [5, 5.41) is 0. The van der Waals surface area contributed by atoms with Gasteiger partial charge in [0.05, 0.1) is 5.75 Å². The monoisotopic (exact) mass is 391 g/mol. The first-order valence-corrected chi connectivity index (χ1v) is 9.64. The number of rotatable bonds is 7. The number of carbonyl (C=O) groups is 1. The van der Waals surface area contributed by atoms with Gasteiger partial charge in [-0.25, -0.2) is 8.42 Å². The number of hydrogen-bond acceptors (Lipinski definition) is 5. The fourth-order valence-electron chi connectivity index (χ4n) is 2.65. The minimum Gasteiger partial charge on any atom is -0.385 e. The average molecular weight is 392 g/mol. The van der Waals surface area contributed by atoms with E-state index in [0.29, 0.717) is 51.3 Å². The van der Waals surface area contributed by atoms with Crippen LogP contribution in [0.5, 0.6) is 0 Å². The number of nitrogens with zero attached hydrogens (tertiary/aromatic N) is 2. The van der Waals surface area contributed by atoms with E-state index in [9.17, 15) is 13.2 Å². The van der Waals surface area contributed by atoms with Crippen LogP contribution in [0.1, 0.15) is 22.3 Å². The molecule has 0 spiro atoms. The second-order valence-electron chi connectivity index (χ2n) is 5.75. The maximum atomic E-state index is 12.5. The van der Waals surface area contributed by atoms with Gasteiger partial charge in [-0.1, -0.05) is 12.1 Å². The first kappa shape index (κ1) is 21.9. The Morgan fingerprint density at radius 1 is 1.16 bits per heavy atom. The summed E-state index contributed by atoms with van der Waals surface area (Å²) in [6.07, 6.45) is 0.478. The number of amides is 1. The molecule has 0 radical (unpaired) electrons. The summed E-state index contributed by atoms with van der Waals surface area (Å²) in [5.41, 5.74) is 7.12. The van der Waals surface area contributed by atoms with Crippen LogP contribution in [-0.2, 0) is 21.3 Å². The molecule has 0 atom stereocenters. The maximum absolute atomic E-state index is 12.5. The number of carbonyl (C=O) groups excluding carboxylic acids is 1.